The number of amides is 2. The first kappa shape index (κ1) is 32.6. The van der Waals surface area contributed by atoms with Crippen LogP contribution >= 0.6 is 22.6 Å². The molecule has 2 aliphatic heterocycles. The highest BCUT2D eigenvalue weighted by Crippen LogP contribution is 2.43. The highest BCUT2D eigenvalue weighted by atomic mass is 127. The van der Waals surface area contributed by atoms with E-state index < -0.39 is 70.5 Å². The van der Waals surface area contributed by atoms with E-state index in [4.69, 9.17) is 0 Å². The van der Waals surface area contributed by atoms with Crippen molar-refractivity contribution in [2.75, 3.05) is 11.9 Å². The lowest BCUT2D eigenvalue weighted by Gasteiger charge is -2.46. The lowest BCUT2D eigenvalue weighted by atomic mass is 9.90. The van der Waals surface area contributed by atoms with Gasteiger partial charge >= 0.3 is 12.4 Å². The number of rotatable bonds is 5. The molecule has 3 aromatic rings. The summed E-state index contributed by atoms with van der Waals surface area (Å²) >= 11 is 1.60. The predicted octanol–water partition coefficient (Wildman–Crippen LogP) is 7.23. The van der Waals surface area contributed by atoms with Gasteiger partial charge < -0.3 is 10.4 Å². The standard InChI is InChI=1S/C29H21F8IN4O3/c1-27-9-2-10-42(27)41(13-15-3-6-18(38)23(31)22(15)30)26(45)21(24(27)43)25(44)40-19-7-5-16(28(32,33)34)11-17(19)14-4-8-20(39-12-14)29(35,36)37/h3-8,11-12,43H,2,9-10,13H2,1H3,(H,40,44). The molecule has 2 N–H and O–H groups in total. The molecular weight excluding hydrogens is 731 g/mol. The largest absolute Gasteiger partial charge is 0.509 e. The Morgan fingerprint density at radius 2 is 1.76 bits per heavy atom. The SMILES string of the molecule is CC12CCCN1N(Cc1ccc(I)c(F)c1F)C(=O)C(C(=O)Nc1ccc(C(F)(F)F)cc1-c1ccc(C(F)(F)F)nc1)=C2O. The zero-order valence-corrected chi connectivity index (χ0v) is 25.1. The van der Waals surface area contributed by atoms with E-state index >= 15 is 0 Å². The lowest BCUT2D eigenvalue weighted by molar-refractivity contribution is -0.160. The Hall–Kier alpha value is -3.80. The molecule has 7 nitrogen and oxygen atoms in total. The molecule has 5 rings (SSSR count). The molecule has 3 heterocycles. The molecule has 2 aromatic carbocycles. The van der Waals surface area contributed by atoms with Gasteiger partial charge in [-0.3, -0.25) is 19.6 Å². The summed E-state index contributed by atoms with van der Waals surface area (Å²) in [5.41, 5.74) is -5.73. The molecule has 1 unspecified atom stereocenters. The maximum absolute atomic E-state index is 14.8. The van der Waals surface area contributed by atoms with Crippen LogP contribution in [0.1, 0.15) is 36.6 Å². The average Bonchev–Trinajstić information content (AvgIpc) is 3.37. The van der Waals surface area contributed by atoms with Gasteiger partial charge in [0.1, 0.15) is 17.0 Å². The number of hydrogen-bond acceptors (Lipinski definition) is 5. The number of halogens is 9. The van der Waals surface area contributed by atoms with E-state index in [1.807, 2.05) is 0 Å². The Bertz CT molecular complexity index is 1730. The lowest BCUT2D eigenvalue weighted by Crippen LogP contribution is -2.60. The smallest absolute Gasteiger partial charge is 0.433 e. The van der Waals surface area contributed by atoms with E-state index in [1.165, 1.54) is 24.1 Å². The molecule has 16 heteroatoms. The molecule has 45 heavy (non-hydrogen) atoms. The molecule has 0 bridgehead atoms. The number of aliphatic hydroxyl groups excluding tert-OH is 1. The normalized spacial score (nSPS) is 19.2. The summed E-state index contributed by atoms with van der Waals surface area (Å²) in [5, 5.41) is 15.9. The van der Waals surface area contributed by atoms with Crippen LogP contribution in [0, 0.1) is 15.2 Å². The Morgan fingerprint density at radius 1 is 1.04 bits per heavy atom. The molecular formula is C29H21F8IN4O3. The maximum atomic E-state index is 14.8. The van der Waals surface area contributed by atoms with Crippen molar-refractivity contribution in [3.63, 3.8) is 0 Å². The van der Waals surface area contributed by atoms with Gasteiger partial charge in [-0.2, -0.15) is 26.3 Å². The third kappa shape index (κ3) is 5.96. The number of pyridine rings is 1. The summed E-state index contributed by atoms with van der Waals surface area (Å²) < 4.78 is 109. The number of hydrogen-bond donors (Lipinski definition) is 2. The molecule has 0 radical (unpaired) electrons. The van der Waals surface area contributed by atoms with Gasteiger partial charge in [0.05, 0.1) is 21.2 Å². The fourth-order valence-corrected chi connectivity index (χ4v) is 5.79. The van der Waals surface area contributed by atoms with Crippen LogP contribution in [0.4, 0.5) is 40.8 Å². The summed E-state index contributed by atoms with van der Waals surface area (Å²) in [4.78, 5) is 30.6. The number of carbonyl (C=O) groups excluding carboxylic acids is 2. The van der Waals surface area contributed by atoms with Gasteiger partial charge in [0.15, 0.2) is 11.6 Å². The van der Waals surface area contributed by atoms with Crippen LogP contribution in [0.15, 0.2) is 60.0 Å². The van der Waals surface area contributed by atoms with Crippen LogP contribution < -0.4 is 5.32 Å². The second-order valence-electron chi connectivity index (χ2n) is 10.6. The highest BCUT2D eigenvalue weighted by molar-refractivity contribution is 14.1. The van der Waals surface area contributed by atoms with Crippen molar-refractivity contribution in [1.82, 2.24) is 15.0 Å². The fraction of sp³-hybridized carbons (Fsp3) is 0.276. The fourth-order valence-electron chi connectivity index (χ4n) is 5.37. The first-order valence-electron chi connectivity index (χ1n) is 13.1. The molecule has 0 aliphatic carbocycles. The molecule has 1 saturated heterocycles. The Balaban J connectivity index is 1.54. The molecule has 238 valence electrons. The highest BCUT2D eigenvalue weighted by Gasteiger charge is 2.53. The predicted molar refractivity (Wildman–Crippen MR) is 152 cm³/mol. The number of fused-ring (bicyclic) bond motifs is 1. The van der Waals surface area contributed by atoms with Gasteiger partial charge in [0.25, 0.3) is 11.8 Å². The molecule has 0 spiro atoms. The van der Waals surface area contributed by atoms with E-state index in [0.717, 1.165) is 17.1 Å². The van der Waals surface area contributed by atoms with Gasteiger partial charge in [-0.25, -0.2) is 13.8 Å². The van der Waals surface area contributed by atoms with Crippen molar-refractivity contribution < 1.29 is 49.8 Å². The number of aliphatic hydroxyl groups is 1. The van der Waals surface area contributed by atoms with Crippen LogP contribution in [-0.4, -0.2) is 44.0 Å². The summed E-state index contributed by atoms with van der Waals surface area (Å²) in [6, 6.07) is 6.06. The summed E-state index contributed by atoms with van der Waals surface area (Å²) in [6.07, 6.45) is -8.29. The summed E-state index contributed by atoms with van der Waals surface area (Å²) in [7, 11) is 0. The van der Waals surface area contributed by atoms with E-state index in [9.17, 15) is 49.8 Å². The number of anilines is 1. The van der Waals surface area contributed by atoms with Gasteiger partial charge in [-0.1, -0.05) is 12.1 Å². The van der Waals surface area contributed by atoms with E-state index in [1.54, 1.807) is 22.6 Å². The van der Waals surface area contributed by atoms with Crippen LogP contribution in [0.25, 0.3) is 11.1 Å². The third-order valence-corrected chi connectivity index (χ3v) is 8.55. The van der Waals surface area contributed by atoms with Crippen molar-refractivity contribution >= 4 is 40.1 Å². The quantitative estimate of drug-likeness (QED) is 0.124. The number of benzene rings is 2. The number of hydrazine groups is 1. The minimum absolute atomic E-state index is 0.00182. The Labute approximate surface area is 263 Å². The Kier molecular flexibility index (Phi) is 8.35. The van der Waals surface area contributed by atoms with Crippen LogP contribution in [0.2, 0.25) is 0 Å². The number of aromatic nitrogens is 1. The number of nitrogens with one attached hydrogen (secondary N) is 1. The maximum Gasteiger partial charge on any atom is 0.433 e. The summed E-state index contributed by atoms with van der Waals surface area (Å²) in [6.45, 7) is 1.24. The number of carbonyl (C=O) groups is 2. The summed E-state index contributed by atoms with van der Waals surface area (Å²) in [5.74, 6) is -5.32. The van der Waals surface area contributed by atoms with Gasteiger partial charge in [0.2, 0.25) is 0 Å². The number of nitrogens with zero attached hydrogens (tertiary/aromatic N) is 3. The van der Waals surface area contributed by atoms with Crippen molar-refractivity contribution in [2.24, 2.45) is 0 Å². The van der Waals surface area contributed by atoms with Crippen LogP contribution in [0.3, 0.4) is 0 Å². The van der Waals surface area contributed by atoms with E-state index in [-0.39, 0.29) is 38.9 Å². The zero-order chi connectivity index (χ0) is 33.1. The zero-order valence-electron chi connectivity index (χ0n) is 23.0. The van der Waals surface area contributed by atoms with Crippen molar-refractivity contribution in [3.05, 3.63) is 92.0 Å². The van der Waals surface area contributed by atoms with Gasteiger partial charge in [-0.05, 0) is 72.7 Å². The van der Waals surface area contributed by atoms with Crippen LogP contribution in [0.5, 0.6) is 0 Å². The van der Waals surface area contributed by atoms with E-state index in [2.05, 4.69) is 10.3 Å². The molecule has 0 saturated carbocycles. The topological polar surface area (TPSA) is 85.8 Å². The van der Waals surface area contributed by atoms with Crippen molar-refractivity contribution in [3.8, 4) is 11.1 Å². The van der Waals surface area contributed by atoms with Crippen LogP contribution in [-0.2, 0) is 28.5 Å². The Morgan fingerprint density at radius 3 is 2.38 bits per heavy atom. The second kappa shape index (κ2) is 11.5. The number of alkyl halides is 6. The second-order valence-corrected chi connectivity index (χ2v) is 11.7. The molecule has 2 aliphatic rings. The minimum atomic E-state index is -4.86. The monoisotopic (exact) mass is 752 g/mol. The molecule has 1 fully saturated rings. The minimum Gasteiger partial charge on any atom is -0.509 e. The first-order chi connectivity index (χ1) is 20.9. The van der Waals surface area contributed by atoms with Crippen molar-refractivity contribution in [1.29, 1.82) is 0 Å². The van der Waals surface area contributed by atoms with E-state index in [0.29, 0.717) is 30.8 Å². The molecule has 1 aromatic heterocycles. The third-order valence-electron chi connectivity index (χ3n) is 7.71. The molecule has 2 amide bonds. The van der Waals surface area contributed by atoms with Crippen molar-refractivity contribution in [2.45, 2.75) is 44.2 Å². The first-order valence-corrected chi connectivity index (χ1v) is 14.2. The average molecular weight is 752 g/mol. The van der Waals surface area contributed by atoms with Gasteiger partial charge in [0, 0.05) is 35.1 Å². The molecule has 1 atom stereocenters. The van der Waals surface area contributed by atoms with Gasteiger partial charge in [-0.15, -0.1) is 0 Å².